The van der Waals surface area contributed by atoms with Crippen LogP contribution in [0, 0.1) is 0 Å². The molecule has 0 aromatic heterocycles. The minimum Gasteiger partial charge on any atom is -0.466 e. The van der Waals surface area contributed by atoms with Crippen LogP contribution >= 0.6 is 0 Å². The molecule has 0 saturated carbocycles. The van der Waals surface area contributed by atoms with Gasteiger partial charge >= 0.3 is 5.97 Å². The molecule has 0 aliphatic rings. The molecule has 1 atom stereocenters. The van der Waals surface area contributed by atoms with E-state index in [1.807, 2.05) is 13.8 Å². The highest BCUT2D eigenvalue weighted by molar-refractivity contribution is 5.69. The van der Waals surface area contributed by atoms with Crippen LogP contribution in [0.4, 0.5) is 0 Å². The third-order valence-corrected chi connectivity index (χ3v) is 3.99. The molecule has 0 bridgehead atoms. The van der Waals surface area contributed by atoms with Gasteiger partial charge in [0, 0.05) is 19.6 Å². The van der Waals surface area contributed by atoms with Crippen molar-refractivity contribution in [3.05, 3.63) is 0 Å². The van der Waals surface area contributed by atoms with Crippen LogP contribution in [0.3, 0.4) is 0 Å². The summed E-state index contributed by atoms with van der Waals surface area (Å²) in [5.74, 6) is -0.124. The van der Waals surface area contributed by atoms with Gasteiger partial charge in [-0.2, -0.15) is 0 Å². The Hall–Kier alpha value is -0.690. The number of rotatable bonds is 21. The SMILES string of the molecule is CCCCCCCCOC(=O)CCCOCCOC(C)COCCOCC. The van der Waals surface area contributed by atoms with E-state index in [1.54, 1.807) is 0 Å². The second-order valence-corrected chi connectivity index (χ2v) is 6.66. The number of unbranched alkanes of at least 4 members (excludes halogenated alkanes) is 5. The van der Waals surface area contributed by atoms with E-state index in [0.29, 0.717) is 65.7 Å². The lowest BCUT2D eigenvalue weighted by Crippen LogP contribution is -2.20. The number of carbonyl (C=O) groups excluding carboxylic acids is 1. The Kier molecular flexibility index (Phi) is 21.1. The van der Waals surface area contributed by atoms with Crippen molar-refractivity contribution < 1.29 is 28.5 Å². The summed E-state index contributed by atoms with van der Waals surface area (Å²) in [5, 5.41) is 0. The molecule has 27 heavy (non-hydrogen) atoms. The third-order valence-electron chi connectivity index (χ3n) is 3.99. The largest absolute Gasteiger partial charge is 0.466 e. The van der Waals surface area contributed by atoms with E-state index in [1.165, 1.54) is 25.7 Å². The first-order valence-corrected chi connectivity index (χ1v) is 10.7. The maximum absolute atomic E-state index is 11.6. The highest BCUT2D eigenvalue weighted by atomic mass is 16.6. The number of ether oxygens (including phenoxy) is 5. The molecule has 0 rings (SSSR count). The highest BCUT2D eigenvalue weighted by Gasteiger charge is 2.04. The molecule has 162 valence electrons. The van der Waals surface area contributed by atoms with Crippen molar-refractivity contribution in [1.82, 2.24) is 0 Å². The summed E-state index contributed by atoms with van der Waals surface area (Å²) in [6.45, 7) is 10.8. The molecule has 0 amide bonds. The molecule has 0 aromatic carbocycles. The topological polar surface area (TPSA) is 63.2 Å². The fraction of sp³-hybridized carbons (Fsp3) is 0.952. The molecule has 0 radical (unpaired) electrons. The van der Waals surface area contributed by atoms with Crippen molar-refractivity contribution in [1.29, 1.82) is 0 Å². The molecule has 0 N–H and O–H groups in total. The Bertz CT molecular complexity index is 311. The second-order valence-electron chi connectivity index (χ2n) is 6.66. The summed E-state index contributed by atoms with van der Waals surface area (Å²) in [7, 11) is 0. The van der Waals surface area contributed by atoms with Crippen LogP contribution in [0.25, 0.3) is 0 Å². The molecule has 6 nitrogen and oxygen atoms in total. The summed E-state index contributed by atoms with van der Waals surface area (Å²) < 4.78 is 26.9. The van der Waals surface area contributed by atoms with Gasteiger partial charge in [-0.15, -0.1) is 0 Å². The molecule has 0 heterocycles. The van der Waals surface area contributed by atoms with Crippen molar-refractivity contribution in [3.63, 3.8) is 0 Å². The van der Waals surface area contributed by atoms with Gasteiger partial charge in [-0.1, -0.05) is 39.0 Å². The Balaban J connectivity index is 3.25. The van der Waals surface area contributed by atoms with Crippen LogP contribution in [-0.4, -0.2) is 64.9 Å². The van der Waals surface area contributed by atoms with Gasteiger partial charge in [-0.05, 0) is 26.7 Å². The van der Waals surface area contributed by atoms with Gasteiger partial charge in [0.15, 0.2) is 0 Å². The van der Waals surface area contributed by atoms with Crippen LogP contribution in [0.15, 0.2) is 0 Å². The van der Waals surface area contributed by atoms with Gasteiger partial charge in [0.25, 0.3) is 0 Å². The lowest BCUT2D eigenvalue weighted by Gasteiger charge is -2.13. The van der Waals surface area contributed by atoms with E-state index in [-0.39, 0.29) is 12.1 Å². The summed E-state index contributed by atoms with van der Waals surface area (Å²) in [6.07, 6.45) is 8.32. The average molecular weight is 391 g/mol. The van der Waals surface area contributed by atoms with Gasteiger partial charge in [0.05, 0.1) is 45.7 Å². The fourth-order valence-electron chi connectivity index (χ4n) is 2.43. The molecular weight excluding hydrogens is 348 g/mol. The fourth-order valence-corrected chi connectivity index (χ4v) is 2.43. The molecule has 1 unspecified atom stereocenters. The van der Waals surface area contributed by atoms with Gasteiger partial charge in [-0.25, -0.2) is 0 Å². The van der Waals surface area contributed by atoms with Crippen LogP contribution in [0.2, 0.25) is 0 Å². The molecule has 0 saturated heterocycles. The maximum Gasteiger partial charge on any atom is 0.305 e. The van der Waals surface area contributed by atoms with Gasteiger partial charge in [0.2, 0.25) is 0 Å². The van der Waals surface area contributed by atoms with E-state index in [0.717, 1.165) is 12.8 Å². The zero-order valence-corrected chi connectivity index (χ0v) is 17.8. The number of hydrogen-bond acceptors (Lipinski definition) is 6. The molecule has 0 fully saturated rings. The van der Waals surface area contributed by atoms with Gasteiger partial charge < -0.3 is 23.7 Å². The Morgan fingerprint density at radius 1 is 0.741 bits per heavy atom. The van der Waals surface area contributed by atoms with Crippen LogP contribution < -0.4 is 0 Å². The summed E-state index contributed by atoms with van der Waals surface area (Å²) in [4.78, 5) is 11.6. The van der Waals surface area contributed by atoms with E-state index in [4.69, 9.17) is 23.7 Å². The van der Waals surface area contributed by atoms with E-state index >= 15 is 0 Å². The Morgan fingerprint density at radius 3 is 2.22 bits per heavy atom. The minimum absolute atomic E-state index is 0.0344. The smallest absolute Gasteiger partial charge is 0.305 e. The second kappa shape index (κ2) is 21.6. The summed E-state index contributed by atoms with van der Waals surface area (Å²) >= 11 is 0. The summed E-state index contributed by atoms with van der Waals surface area (Å²) in [5.41, 5.74) is 0. The van der Waals surface area contributed by atoms with Crippen LogP contribution in [0.5, 0.6) is 0 Å². The molecule has 0 aromatic rings. The first kappa shape index (κ1) is 26.3. The number of esters is 1. The van der Waals surface area contributed by atoms with E-state index < -0.39 is 0 Å². The van der Waals surface area contributed by atoms with E-state index in [2.05, 4.69) is 6.92 Å². The zero-order chi connectivity index (χ0) is 20.0. The normalized spacial score (nSPS) is 12.3. The maximum atomic E-state index is 11.6. The monoisotopic (exact) mass is 390 g/mol. The van der Waals surface area contributed by atoms with Crippen molar-refractivity contribution in [2.45, 2.75) is 78.2 Å². The van der Waals surface area contributed by atoms with Crippen LogP contribution in [-0.2, 0) is 28.5 Å². The van der Waals surface area contributed by atoms with Crippen molar-refractivity contribution in [2.24, 2.45) is 0 Å². The molecule has 0 aliphatic carbocycles. The van der Waals surface area contributed by atoms with Gasteiger partial charge in [0.1, 0.15) is 0 Å². The lowest BCUT2D eigenvalue weighted by atomic mass is 10.1. The zero-order valence-electron chi connectivity index (χ0n) is 17.8. The molecular formula is C21H42O6. The first-order valence-electron chi connectivity index (χ1n) is 10.7. The van der Waals surface area contributed by atoms with E-state index in [9.17, 15) is 4.79 Å². The third kappa shape index (κ3) is 21.5. The number of hydrogen-bond donors (Lipinski definition) is 0. The summed E-state index contributed by atoms with van der Waals surface area (Å²) in [6, 6.07) is 0. The van der Waals surface area contributed by atoms with Crippen LogP contribution in [0.1, 0.15) is 72.1 Å². The molecule has 6 heteroatoms. The standard InChI is InChI=1S/C21H42O6/c1-4-6-7-8-9-10-14-27-21(22)12-11-13-24-17-18-26-20(3)19-25-16-15-23-5-2/h20H,4-19H2,1-3H3. The quantitative estimate of drug-likeness (QED) is 0.217. The highest BCUT2D eigenvalue weighted by Crippen LogP contribution is 2.05. The van der Waals surface area contributed by atoms with Crippen molar-refractivity contribution in [2.75, 3.05) is 52.9 Å². The van der Waals surface area contributed by atoms with Crippen molar-refractivity contribution >= 4 is 5.97 Å². The predicted octanol–water partition coefficient (Wildman–Crippen LogP) is 4.15. The lowest BCUT2D eigenvalue weighted by molar-refractivity contribution is -0.144. The predicted molar refractivity (Wildman–Crippen MR) is 107 cm³/mol. The average Bonchev–Trinajstić information content (AvgIpc) is 2.66. The van der Waals surface area contributed by atoms with Gasteiger partial charge in [-0.3, -0.25) is 4.79 Å². The molecule has 0 spiro atoms. The molecule has 0 aliphatic heterocycles. The Morgan fingerprint density at radius 2 is 1.44 bits per heavy atom. The number of carbonyl (C=O) groups is 1. The minimum atomic E-state index is -0.124. The van der Waals surface area contributed by atoms with Crippen molar-refractivity contribution in [3.8, 4) is 0 Å². The first-order chi connectivity index (χ1) is 13.2. The Labute approximate surface area is 166 Å².